The molecule has 0 bridgehead atoms. The number of anilines is 1. The van der Waals surface area contributed by atoms with Gasteiger partial charge in [-0.25, -0.2) is 9.78 Å². The number of aromatic nitrogens is 2. The average molecular weight is 656 g/mol. The smallest absolute Gasteiger partial charge is 0.410 e. The number of hydrogen-bond acceptors (Lipinski definition) is 5. The van der Waals surface area contributed by atoms with Gasteiger partial charge in [-0.2, -0.15) is 0 Å². The van der Waals surface area contributed by atoms with Gasteiger partial charge in [-0.15, -0.1) is 0 Å². The van der Waals surface area contributed by atoms with Gasteiger partial charge in [0.1, 0.15) is 6.61 Å². The van der Waals surface area contributed by atoms with Gasteiger partial charge < -0.3 is 19.1 Å². The van der Waals surface area contributed by atoms with Crippen LogP contribution in [-0.4, -0.2) is 56.4 Å². The fourth-order valence-corrected chi connectivity index (χ4v) is 5.92. The van der Waals surface area contributed by atoms with Crippen molar-refractivity contribution in [3.8, 4) is 0 Å². The Morgan fingerprint density at radius 3 is 2.49 bits per heavy atom. The Bertz CT molecular complexity index is 1750. The lowest BCUT2D eigenvalue weighted by atomic mass is 9.87. The molecule has 0 radical (unpaired) electrons. The molecule has 0 spiro atoms. The third-order valence-electron chi connectivity index (χ3n) is 8.85. The van der Waals surface area contributed by atoms with E-state index >= 15 is 0 Å². The van der Waals surface area contributed by atoms with E-state index in [0.29, 0.717) is 41.7 Å². The number of benzene rings is 3. The maximum Gasteiger partial charge on any atom is 0.410 e. The lowest BCUT2D eigenvalue weighted by Gasteiger charge is -2.37. The van der Waals surface area contributed by atoms with Crippen molar-refractivity contribution in [1.29, 1.82) is 0 Å². The molecule has 1 N–H and O–H groups in total. The molecule has 1 aliphatic heterocycles. The summed E-state index contributed by atoms with van der Waals surface area (Å²) in [6.07, 6.45) is 2.55. The maximum absolute atomic E-state index is 13.5. The standard InChI is InChI=1S/C37H42ClN5O4/c1-6-33(44)41-20-10-13-30(23-41)43-32-19-14-27(21-31(32)39-35(43)40-34(45)28-15-17-29(38)18-16-28)22-42(25(2)37(3,4)5)36(46)47-24-26-11-8-7-9-12-26/h6-9,11-12,14-19,21,25,30H,1,10,13,20,22-24H2,2-5H3,(H,39,40,45)/t25-,30?/m0/s1. The van der Waals surface area contributed by atoms with E-state index in [2.05, 4.69) is 32.7 Å². The summed E-state index contributed by atoms with van der Waals surface area (Å²) in [4.78, 5) is 47.8. The molecule has 0 saturated carbocycles. The number of halogens is 1. The van der Waals surface area contributed by atoms with Crippen molar-refractivity contribution in [2.75, 3.05) is 18.4 Å². The average Bonchev–Trinajstić information content (AvgIpc) is 3.42. The number of carbonyl (C=O) groups is 3. The molecule has 47 heavy (non-hydrogen) atoms. The zero-order valence-corrected chi connectivity index (χ0v) is 28.2. The van der Waals surface area contributed by atoms with E-state index in [1.54, 1.807) is 34.1 Å². The molecule has 1 saturated heterocycles. The fraction of sp³-hybridized carbons (Fsp3) is 0.351. The number of likely N-dealkylation sites (tertiary alicyclic amines) is 1. The molecule has 4 aromatic rings. The lowest BCUT2D eigenvalue weighted by Crippen LogP contribution is -2.45. The summed E-state index contributed by atoms with van der Waals surface area (Å²) in [6.45, 7) is 13.6. The van der Waals surface area contributed by atoms with Crippen LogP contribution >= 0.6 is 11.6 Å². The van der Waals surface area contributed by atoms with E-state index in [0.717, 1.165) is 29.5 Å². The SMILES string of the molecule is C=CC(=O)N1CCCC(n2c(NC(=O)c3ccc(Cl)cc3)nc3cc(CN(C(=O)OCc4ccccc4)[C@@H](C)C(C)(C)C)ccc32)C1. The summed E-state index contributed by atoms with van der Waals surface area (Å²) in [5, 5.41) is 3.54. The van der Waals surface area contributed by atoms with Gasteiger partial charge in [0, 0.05) is 36.3 Å². The number of fused-ring (bicyclic) bond motifs is 1. The number of nitrogens with zero attached hydrogens (tertiary/aromatic N) is 4. The van der Waals surface area contributed by atoms with E-state index in [-0.39, 0.29) is 35.9 Å². The highest BCUT2D eigenvalue weighted by molar-refractivity contribution is 6.30. The van der Waals surface area contributed by atoms with Gasteiger partial charge in [0.05, 0.1) is 17.1 Å². The molecule has 1 aromatic heterocycles. The van der Waals surface area contributed by atoms with E-state index in [4.69, 9.17) is 21.3 Å². The first-order chi connectivity index (χ1) is 22.4. The number of imidazole rings is 1. The number of amides is 3. The van der Waals surface area contributed by atoms with Crippen LogP contribution in [0.3, 0.4) is 0 Å². The highest BCUT2D eigenvalue weighted by atomic mass is 35.5. The van der Waals surface area contributed by atoms with Crippen LogP contribution in [0, 0.1) is 5.41 Å². The van der Waals surface area contributed by atoms with Crippen LogP contribution < -0.4 is 5.32 Å². The Hall–Kier alpha value is -4.63. The lowest BCUT2D eigenvalue weighted by molar-refractivity contribution is -0.127. The molecule has 246 valence electrons. The third kappa shape index (κ3) is 8.03. The van der Waals surface area contributed by atoms with Gasteiger partial charge in [0.25, 0.3) is 5.91 Å². The summed E-state index contributed by atoms with van der Waals surface area (Å²) in [6, 6.07) is 21.9. The van der Waals surface area contributed by atoms with E-state index < -0.39 is 6.09 Å². The summed E-state index contributed by atoms with van der Waals surface area (Å²) in [5.74, 6) is -0.0582. The Kier molecular flexibility index (Phi) is 10.3. The molecule has 5 rings (SSSR count). The van der Waals surface area contributed by atoms with Crippen molar-refractivity contribution >= 4 is 46.5 Å². The van der Waals surface area contributed by atoms with Crippen LogP contribution in [0.4, 0.5) is 10.7 Å². The van der Waals surface area contributed by atoms with Gasteiger partial charge in [0.2, 0.25) is 11.9 Å². The first-order valence-corrected chi connectivity index (χ1v) is 16.3. The summed E-state index contributed by atoms with van der Waals surface area (Å²) in [5.41, 5.74) is 3.52. The van der Waals surface area contributed by atoms with Crippen LogP contribution in [0.15, 0.2) is 85.5 Å². The number of rotatable bonds is 9. The molecule has 9 nitrogen and oxygen atoms in total. The van der Waals surface area contributed by atoms with Crippen LogP contribution in [-0.2, 0) is 22.7 Å². The normalized spacial score (nSPS) is 15.6. The van der Waals surface area contributed by atoms with Crippen molar-refractivity contribution in [2.24, 2.45) is 5.41 Å². The fourth-order valence-electron chi connectivity index (χ4n) is 5.80. The Morgan fingerprint density at radius 1 is 1.09 bits per heavy atom. The number of hydrogen-bond donors (Lipinski definition) is 1. The minimum absolute atomic E-state index is 0.116. The molecule has 1 unspecified atom stereocenters. The Morgan fingerprint density at radius 2 is 1.81 bits per heavy atom. The summed E-state index contributed by atoms with van der Waals surface area (Å²) >= 11 is 6.05. The second-order valence-electron chi connectivity index (χ2n) is 13.1. The molecular weight excluding hydrogens is 614 g/mol. The first kappa shape index (κ1) is 33.7. The van der Waals surface area contributed by atoms with Crippen molar-refractivity contribution < 1.29 is 19.1 Å². The molecule has 10 heteroatoms. The van der Waals surface area contributed by atoms with Crippen LogP contribution in [0.1, 0.15) is 68.1 Å². The zero-order chi connectivity index (χ0) is 33.7. The van der Waals surface area contributed by atoms with Crippen LogP contribution in [0.2, 0.25) is 5.02 Å². The molecule has 2 heterocycles. The number of piperidine rings is 1. The molecule has 1 aliphatic rings. The maximum atomic E-state index is 13.5. The van der Waals surface area contributed by atoms with E-state index in [1.165, 1.54) is 6.08 Å². The van der Waals surface area contributed by atoms with Crippen LogP contribution in [0.5, 0.6) is 0 Å². The highest BCUT2D eigenvalue weighted by Gasteiger charge is 2.32. The first-order valence-electron chi connectivity index (χ1n) is 15.9. The topological polar surface area (TPSA) is 96.8 Å². The number of ether oxygens (including phenoxy) is 1. The summed E-state index contributed by atoms with van der Waals surface area (Å²) in [7, 11) is 0. The number of carbonyl (C=O) groups excluding carboxylic acids is 3. The van der Waals surface area contributed by atoms with E-state index in [1.807, 2.05) is 60.0 Å². The molecule has 0 aliphatic carbocycles. The molecule has 1 fully saturated rings. The van der Waals surface area contributed by atoms with Gasteiger partial charge in [-0.1, -0.05) is 75.3 Å². The molecule has 3 aromatic carbocycles. The Balaban J connectivity index is 1.47. The molecular formula is C37H42ClN5O4. The van der Waals surface area contributed by atoms with Crippen molar-refractivity contribution in [3.05, 3.63) is 107 Å². The Labute approximate surface area is 281 Å². The highest BCUT2D eigenvalue weighted by Crippen LogP contribution is 2.33. The third-order valence-corrected chi connectivity index (χ3v) is 9.10. The van der Waals surface area contributed by atoms with Gasteiger partial charge in [-0.05, 0) is 78.8 Å². The number of nitrogens with one attached hydrogen (secondary N) is 1. The van der Waals surface area contributed by atoms with Gasteiger partial charge in [0.15, 0.2) is 0 Å². The second kappa shape index (κ2) is 14.4. The minimum Gasteiger partial charge on any atom is -0.445 e. The second-order valence-corrected chi connectivity index (χ2v) is 13.5. The zero-order valence-electron chi connectivity index (χ0n) is 27.4. The monoisotopic (exact) mass is 655 g/mol. The summed E-state index contributed by atoms with van der Waals surface area (Å²) < 4.78 is 7.79. The van der Waals surface area contributed by atoms with Gasteiger partial charge >= 0.3 is 6.09 Å². The quantitative estimate of drug-likeness (QED) is 0.185. The predicted molar refractivity (Wildman–Crippen MR) is 185 cm³/mol. The molecule has 3 amide bonds. The van der Waals surface area contributed by atoms with Crippen molar-refractivity contribution in [3.63, 3.8) is 0 Å². The van der Waals surface area contributed by atoms with E-state index in [9.17, 15) is 14.4 Å². The van der Waals surface area contributed by atoms with Crippen molar-refractivity contribution in [2.45, 2.75) is 65.8 Å². The predicted octanol–water partition coefficient (Wildman–Crippen LogP) is 7.86. The van der Waals surface area contributed by atoms with Crippen LogP contribution in [0.25, 0.3) is 11.0 Å². The van der Waals surface area contributed by atoms with Gasteiger partial charge in [-0.3, -0.25) is 14.9 Å². The molecule has 2 atom stereocenters. The largest absolute Gasteiger partial charge is 0.445 e. The van der Waals surface area contributed by atoms with Crippen molar-refractivity contribution in [1.82, 2.24) is 19.4 Å². The minimum atomic E-state index is -0.396.